The van der Waals surface area contributed by atoms with E-state index in [0.29, 0.717) is 17.9 Å². The molecule has 1 aliphatic heterocycles. The van der Waals surface area contributed by atoms with Gasteiger partial charge in [0.25, 0.3) is 0 Å². The molecule has 6 heteroatoms. The van der Waals surface area contributed by atoms with E-state index in [-0.39, 0.29) is 18.4 Å². The summed E-state index contributed by atoms with van der Waals surface area (Å²) in [5.41, 5.74) is 1.78. The van der Waals surface area contributed by atoms with E-state index in [2.05, 4.69) is 0 Å². The molecule has 0 aromatic heterocycles. The second-order valence-corrected chi connectivity index (χ2v) is 8.72. The molecule has 0 radical (unpaired) electrons. The summed E-state index contributed by atoms with van der Waals surface area (Å²) < 4.78 is 53.3. The Kier molecular flexibility index (Phi) is 5.26. The van der Waals surface area contributed by atoms with Gasteiger partial charge in [-0.15, -0.1) is 0 Å². The molecular weight excluding hydrogens is 323 g/mol. The average molecular weight is 347 g/mol. The lowest BCUT2D eigenvalue weighted by atomic mass is 9.86. The van der Waals surface area contributed by atoms with Crippen LogP contribution in [-0.4, -0.2) is 27.8 Å². The lowest BCUT2D eigenvalue weighted by molar-refractivity contribution is -0.182. The Hall–Kier alpha value is -0.880. The average Bonchev–Trinajstić information content (AvgIpc) is 2.45. The van der Waals surface area contributed by atoms with E-state index >= 15 is 0 Å². The summed E-state index contributed by atoms with van der Waals surface area (Å²) in [6.45, 7) is 8.29. The van der Waals surface area contributed by atoms with E-state index in [4.69, 9.17) is 0 Å². The maximum absolute atomic E-state index is 13.0. The highest BCUT2D eigenvalue weighted by Crippen LogP contribution is 2.36. The SMILES string of the molecule is Cc1ccc(S(=O)N2CCCC(C(F)(F)F)C2)c(C(C)(C)C)c1. The minimum Gasteiger partial charge on any atom is -0.237 e. The van der Waals surface area contributed by atoms with Gasteiger partial charge >= 0.3 is 6.18 Å². The molecule has 0 aliphatic carbocycles. The number of halogens is 3. The zero-order valence-corrected chi connectivity index (χ0v) is 14.9. The Morgan fingerprint density at radius 2 is 1.87 bits per heavy atom. The van der Waals surface area contributed by atoms with Gasteiger partial charge in [-0.05, 0) is 36.8 Å². The standard InChI is InChI=1S/C17H24F3NOS/c1-12-7-8-15(14(10-12)16(2,3)4)23(22)21-9-5-6-13(11-21)17(18,19)20/h7-8,10,13H,5-6,9,11H2,1-4H3. The predicted octanol–water partition coefficient (Wildman–Crippen LogP) is 4.59. The third-order valence-electron chi connectivity index (χ3n) is 4.21. The maximum atomic E-state index is 13.0. The molecule has 1 fully saturated rings. The molecule has 0 saturated carbocycles. The Morgan fingerprint density at radius 3 is 2.43 bits per heavy atom. The summed E-state index contributed by atoms with van der Waals surface area (Å²) in [6.07, 6.45) is -3.67. The number of benzene rings is 1. The first-order valence-electron chi connectivity index (χ1n) is 7.85. The van der Waals surface area contributed by atoms with Crippen molar-refractivity contribution in [3.63, 3.8) is 0 Å². The third kappa shape index (κ3) is 4.35. The van der Waals surface area contributed by atoms with Gasteiger partial charge in [-0.1, -0.05) is 38.5 Å². The molecule has 2 unspecified atom stereocenters. The monoisotopic (exact) mass is 347 g/mol. The van der Waals surface area contributed by atoms with Crippen LogP contribution in [-0.2, 0) is 16.4 Å². The number of nitrogens with zero attached hydrogens (tertiary/aromatic N) is 1. The number of rotatable bonds is 2. The van der Waals surface area contributed by atoms with Crippen molar-refractivity contribution < 1.29 is 17.4 Å². The highest BCUT2D eigenvalue weighted by Gasteiger charge is 2.43. The van der Waals surface area contributed by atoms with Gasteiger partial charge < -0.3 is 0 Å². The topological polar surface area (TPSA) is 20.3 Å². The first-order chi connectivity index (χ1) is 10.5. The van der Waals surface area contributed by atoms with Gasteiger partial charge in [-0.25, -0.2) is 8.51 Å². The first kappa shape index (κ1) is 18.5. The largest absolute Gasteiger partial charge is 0.393 e. The number of alkyl halides is 3. The molecule has 1 saturated heterocycles. The first-order valence-corrected chi connectivity index (χ1v) is 8.95. The Balaban J connectivity index is 2.30. The second kappa shape index (κ2) is 6.55. The summed E-state index contributed by atoms with van der Waals surface area (Å²) in [5.74, 6) is -1.39. The maximum Gasteiger partial charge on any atom is 0.393 e. The molecule has 1 aromatic carbocycles. The highest BCUT2D eigenvalue weighted by atomic mass is 32.2. The number of hydrogen-bond donors (Lipinski definition) is 0. The second-order valence-electron chi connectivity index (χ2n) is 7.27. The van der Waals surface area contributed by atoms with Crippen molar-refractivity contribution in [1.82, 2.24) is 4.31 Å². The summed E-state index contributed by atoms with van der Waals surface area (Å²) >= 11 is 0. The van der Waals surface area contributed by atoms with Crippen LogP contribution in [0, 0.1) is 12.8 Å². The van der Waals surface area contributed by atoms with Crippen LogP contribution in [0.15, 0.2) is 23.1 Å². The van der Waals surface area contributed by atoms with E-state index in [1.165, 1.54) is 4.31 Å². The van der Waals surface area contributed by atoms with Crippen molar-refractivity contribution in [1.29, 1.82) is 0 Å². The van der Waals surface area contributed by atoms with E-state index in [0.717, 1.165) is 11.1 Å². The van der Waals surface area contributed by atoms with Gasteiger partial charge in [0.15, 0.2) is 0 Å². The molecule has 130 valence electrons. The fourth-order valence-electron chi connectivity index (χ4n) is 2.88. The lowest BCUT2D eigenvalue weighted by Gasteiger charge is -2.34. The van der Waals surface area contributed by atoms with E-state index in [1.54, 1.807) is 6.07 Å². The van der Waals surface area contributed by atoms with Gasteiger partial charge in [-0.3, -0.25) is 0 Å². The zero-order valence-electron chi connectivity index (χ0n) is 14.0. The van der Waals surface area contributed by atoms with E-state index in [1.807, 2.05) is 39.8 Å². The van der Waals surface area contributed by atoms with E-state index < -0.39 is 23.1 Å². The van der Waals surface area contributed by atoms with E-state index in [9.17, 15) is 17.4 Å². The molecule has 1 aliphatic rings. The Labute approximate surface area is 138 Å². The van der Waals surface area contributed by atoms with Crippen LogP contribution in [0.5, 0.6) is 0 Å². The van der Waals surface area contributed by atoms with Crippen LogP contribution in [0.2, 0.25) is 0 Å². The minimum atomic E-state index is -4.22. The number of hydrogen-bond acceptors (Lipinski definition) is 1. The van der Waals surface area contributed by atoms with Crippen LogP contribution >= 0.6 is 0 Å². The van der Waals surface area contributed by atoms with Gasteiger partial charge in [-0.2, -0.15) is 13.2 Å². The van der Waals surface area contributed by atoms with Crippen LogP contribution in [0.1, 0.15) is 44.7 Å². The predicted molar refractivity (Wildman–Crippen MR) is 86.6 cm³/mol. The Morgan fingerprint density at radius 1 is 1.22 bits per heavy atom. The summed E-state index contributed by atoms with van der Waals surface area (Å²) in [6, 6.07) is 5.65. The molecule has 0 N–H and O–H groups in total. The zero-order chi connectivity index (χ0) is 17.4. The van der Waals surface area contributed by atoms with Crippen molar-refractivity contribution >= 4 is 11.0 Å². The number of piperidine rings is 1. The smallest absolute Gasteiger partial charge is 0.237 e. The molecule has 0 amide bonds. The van der Waals surface area contributed by atoms with Crippen LogP contribution in [0.25, 0.3) is 0 Å². The van der Waals surface area contributed by atoms with Crippen molar-refractivity contribution in [2.24, 2.45) is 5.92 Å². The quantitative estimate of drug-likeness (QED) is 0.766. The molecule has 0 bridgehead atoms. The molecule has 2 atom stereocenters. The van der Waals surface area contributed by atoms with Crippen LogP contribution in [0.3, 0.4) is 0 Å². The normalized spacial score (nSPS) is 22.1. The van der Waals surface area contributed by atoms with Gasteiger partial charge in [0.1, 0.15) is 11.0 Å². The van der Waals surface area contributed by atoms with Crippen LogP contribution in [0.4, 0.5) is 13.2 Å². The molecule has 0 spiro atoms. The fourth-order valence-corrected chi connectivity index (χ4v) is 4.51. The molecule has 2 rings (SSSR count). The van der Waals surface area contributed by atoms with Gasteiger partial charge in [0, 0.05) is 13.1 Å². The van der Waals surface area contributed by atoms with Gasteiger partial charge in [0.05, 0.1) is 10.8 Å². The third-order valence-corrected chi connectivity index (χ3v) is 5.75. The van der Waals surface area contributed by atoms with Crippen molar-refractivity contribution in [2.75, 3.05) is 13.1 Å². The van der Waals surface area contributed by atoms with Crippen molar-refractivity contribution in [3.05, 3.63) is 29.3 Å². The molecule has 1 aromatic rings. The lowest BCUT2D eigenvalue weighted by Crippen LogP contribution is -2.42. The van der Waals surface area contributed by atoms with Gasteiger partial charge in [0.2, 0.25) is 0 Å². The summed E-state index contributed by atoms with van der Waals surface area (Å²) in [4.78, 5) is 0.630. The summed E-state index contributed by atoms with van der Waals surface area (Å²) in [7, 11) is -1.56. The van der Waals surface area contributed by atoms with Crippen molar-refractivity contribution in [2.45, 2.75) is 57.0 Å². The molecule has 1 heterocycles. The van der Waals surface area contributed by atoms with Crippen molar-refractivity contribution in [3.8, 4) is 0 Å². The highest BCUT2D eigenvalue weighted by molar-refractivity contribution is 7.82. The Bertz CT molecular complexity index is 592. The summed E-state index contributed by atoms with van der Waals surface area (Å²) in [5, 5.41) is 0. The van der Waals surface area contributed by atoms with Crippen LogP contribution < -0.4 is 0 Å². The fraction of sp³-hybridized carbons (Fsp3) is 0.647. The minimum absolute atomic E-state index is 0.122. The number of aryl methyl sites for hydroxylation is 1. The molecule has 23 heavy (non-hydrogen) atoms. The molecular formula is C17H24F3NOS. The molecule has 2 nitrogen and oxygen atoms in total.